The number of fused-ring (bicyclic) bond motifs is 1. The largest absolute Gasteiger partial charge is 0.330 e. The first-order valence-electron chi connectivity index (χ1n) is 6.37. The summed E-state index contributed by atoms with van der Waals surface area (Å²) in [7, 11) is 0. The number of hydrogen-bond donors (Lipinski definition) is 1. The molecule has 102 valence electrons. The molecule has 0 saturated heterocycles. The molecule has 5 heteroatoms. The minimum atomic E-state index is -0.237. The van der Waals surface area contributed by atoms with Crippen molar-refractivity contribution in [3.8, 4) is 0 Å². The van der Waals surface area contributed by atoms with Gasteiger partial charge in [-0.25, -0.2) is 9.37 Å². The van der Waals surface area contributed by atoms with E-state index in [2.05, 4.69) is 4.98 Å². The molecule has 0 fully saturated rings. The van der Waals surface area contributed by atoms with Crippen LogP contribution in [0.4, 0.5) is 4.39 Å². The molecule has 0 unspecified atom stereocenters. The van der Waals surface area contributed by atoms with Gasteiger partial charge >= 0.3 is 0 Å². The van der Waals surface area contributed by atoms with E-state index in [0.29, 0.717) is 6.54 Å². The van der Waals surface area contributed by atoms with Crippen LogP contribution in [0.1, 0.15) is 5.69 Å². The predicted octanol–water partition coefficient (Wildman–Crippen LogP) is 3.13. The van der Waals surface area contributed by atoms with E-state index >= 15 is 0 Å². The van der Waals surface area contributed by atoms with Gasteiger partial charge in [0.15, 0.2) is 0 Å². The zero-order chi connectivity index (χ0) is 13.9. The summed E-state index contributed by atoms with van der Waals surface area (Å²) in [6.07, 6.45) is 2.71. The third-order valence-corrected chi connectivity index (χ3v) is 3.99. The Bertz CT molecular complexity index is 739. The summed E-state index contributed by atoms with van der Waals surface area (Å²) in [5.41, 5.74) is 7.64. The summed E-state index contributed by atoms with van der Waals surface area (Å²) in [4.78, 5) is 5.44. The van der Waals surface area contributed by atoms with Crippen LogP contribution in [-0.2, 0) is 6.42 Å². The van der Waals surface area contributed by atoms with Crippen LogP contribution in [0.5, 0.6) is 0 Å². The first kappa shape index (κ1) is 13.1. The molecular weight excluding hydrogens is 273 g/mol. The second-order valence-corrected chi connectivity index (χ2v) is 5.45. The van der Waals surface area contributed by atoms with Gasteiger partial charge in [-0.05, 0) is 36.9 Å². The Kier molecular flexibility index (Phi) is 3.71. The predicted molar refractivity (Wildman–Crippen MR) is 78.5 cm³/mol. The molecule has 0 spiro atoms. The van der Waals surface area contributed by atoms with Crippen molar-refractivity contribution >= 4 is 17.4 Å². The lowest BCUT2D eigenvalue weighted by Crippen LogP contribution is -2.05. The fourth-order valence-corrected chi connectivity index (χ4v) is 3.11. The molecule has 0 radical (unpaired) electrons. The quantitative estimate of drug-likeness (QED) is 0.801. The summed E-state index contributed by atoms with van der Waals surface area (Å²) in [6, 6.07) is 12.4. The van der Waals surface area contributed by atoms with Gasteiger partial charge in [0, 0.05) is 17.5 Å². The summed E-state index contributed by atoms with van der Waals surface area (Å²) >= 11 is 1.47. The number of nitrogens with zero attached hydrogens (tertiary/aromatic N) is 2. The molecule has 0 aliphatic heterocycles. The zero-order valence-corrected chi connectivity index (χ0v) is 11.6. The highest BCUT2D eigenvalue weighted by Crippen LogP contribution is 2.31. The number of halogens is 1. The molecule has 0 saturated carbocycles. The number of benzene rings is 1. The van der Waals surface area contributed by atoms with E-state index in [-0.39, 0.29) is 5.82 Å². The van der Waals surface area contributed by atoms with Crippen molar-refractivity contribution in [1.82, 2.24) is 9.38 Å². The van der Waals surface area contributed by atoms with Gasteiger partial charge in [0.25, 0.3) is 0 Å². The van der Waals surface area contributed by atoms with Crippen LogP contribution in [0.2, 0.25) is 0 Å². The summed E-state index contributed by atoms with van der Waals surface area (Å²) < 4.78 is 15.3. The standard InChI is InChI=1S/C15H14FN3S/c16-11-4-3-5-12(10-11)20-15-13(7-8-17)19-9-2-1-6-14(19)18-15/h1-6,9-10H,7-8,17H2. The number of aromatic nitrogens is 2. The average molecular weight is 287 g/mol. The lowest BCUT2D eigenvalue weighted by molar-refractivity contribution is 0.624. The Morgan fingerprint density at radius 1 is 1.20 bits per heavy atom. The molecule has 20 heavy (non-hydrogen) atoms. The molecule has 3 aromatic rings. The van der Waals surface area contributed by atoms with Crippen LogP contribution in [0.15, 0.2) is 58.6 Å². The summed E-state index contributed by atoms with van der Waals surface area (Å²) in [5, 5.41) is 0.882. The van der Waals surface area contributed by atoms with Crippen molar-refractivity contribution in [1.29, 1.82) is 0 Å². The SMILES string of the molecule is NCCc1c(Sc2cccc(F)c2)nc2ccccn12. The molecule has 3 nitrogen and oxygen atoms in total. The van der Waals surface area contributed by atoms with Gasteiger partial charge < -0.3 is 10.1 Å². The van der Waals surface area contributed by atoms with Gasteiger partial charge in [0.2, 0.25) is 0 Å². The normalized spacial score (nSPS) is 11.1. The zero-order valence-electron chi connectivity index (χ0n) is 10.8. The molecule has 2 aromatic heterocycles. The van der Waals surface area contributed by atoms with Gasteiger partial charge in [0.1, 0.15) is 16.5 Å². The van der Waals surface area contributed by atoms with Gasteiger partial charge in [-0.3, -0.25) is 0 Å². The highest BCUT2D eigenvalue weighted by Gasteiger charge is 2.12. The Hall–Kier alpha value is -1.85. The smallest absolute Gasteiger partial charge is 0.138 e. The highest BCUT2D eigenvalue weighted by atomic mass is 32.2. The molecular formula is C15H14FN3S. The van der Waals surface area contributed by atoms with E-state index in [9.17, 15) is 4.39 Å². The first-order chi connectivity index (χ1) is 9.78. The van der Waals surface area contributed by atoms with Gasteiger partial charge in [-0.15, -0.1) is 0 Å². The molecule has 0 atom stereocenters. The maximum absolute atomic E-state index is 13.3. The van der Waals surface area contributed by atoms with E-state index in [0.717, 1.165) is 27.7 Å². The van der Waals surface area contributed by atoms with Crippen LogP contribution in [0.25, 0.3) is 5.65 Å². The fourth-order valence-electron chi connectivity index (χ4n) is 2.11. The van der Waals surface area contributed by atoms with Gasteiger partial charge in [-0.2, -0.15) is 0 Å². The molecule has 2 N–H and O–H groups in total. The van der Waals surface area contributed by atoms with Crippen molar-refractivity contribution in [3.63, 3.8) is 0 Å². The lowest BCUT2D eigenvalue weighted by atomic mass is 10.3. The van der Waals surface area contributed by atoms with Crippen molar-refractivity contribution in [3.05, 3.63) is 60.2 Å². The fraction of sp³-hybridized carbons (Fsp3) is 0.133. The van der Waals surface area contributed by atoms with Crippen LogP contribution in [0.3, 0.4) is 0 Å². The Labute approximate surface area is 120 Å². The Balaban J connectivity index is 2.04. The molecule has 0 aliphatic carbocycles. The third kappa shape index (κ3) is 2.55. The first-order valence-corrected chi connectivity index (χ1v) is 7.19. The second-order valence-electron chi connectivity index (χ2n) is 4.39. The second kappa shape index (κ2) is 5.64. The average Bonchev–Trinajstić information content (AvgIpc) is 2.77. The van der Waals surface area contributed by atoms with Crippen LogP contribution < -0.4 is 5.73 Å². The molecule has 0 amide bonds. The van der Waals surface area contributed by atoms with E-state index in [1.165, 1.54) is 23.9 Å². The topological polar surface area (TPSA) is 43.3 Å². The number of rotatable bonds is 4. The van der Waals surface area contributed by atoms with Crippen molar-refractivity contribution in [2.75, 3.05) is 6.54 Å². The number of imidazole rings is 1. The molecule has 0 bridgehead atoms. The Morgan fingerprint density at radius 2 is 2.10 bits per heavy atom. The summed E-state index contributed by atoms with van der Waals surface area (Å²) in [6.45, 7) is 0.555. The summed E-state index contributed by atoms with van der Waals surface area (Å²) in [5.74, 6) is -0.237. The van der Waals surface area contributed by atoms with Crippen LogP contribution >= 0.6 is 11.8 Å². The van der Waals surface area contributed by atoms with Crippen molar-refractivity contribution < 1.29 is 4.39 Å². The minimum absolute atomic E-state index is 0.237. The number of nitrogens with two attached hydrogens (primary N) is 1. The van der Waals surface area contributed by atoms with Crippen molar-refractivity contribution in [2.45, 2.75) is 16.3 Å². The maximum atomic E-state index is 13.3. The number of hydrogen-bond acceptors (Lipinski definition) is 3. The molecule has 0 aliphatic rings. The van der Waals surface area contributed by atoms with Crippen LogP contribution in [0, 0.1) is 5.82 Å². The van der Waals surface area contributed by atoms with E-state index < -0.39 is 0 Å². The molecule has 1 aromatic carbocycles. The van der Waals surface area contributed by atoms with Gasteiger partial charge in [-0.1, -0.05) is 23.9 Å². The Morgan fingerprint density at radius 3 is 2.90 bits per heavy atom. The van der Waals surface area contributed by atoms with Gasteiger partial charge in [0.05, 0.1) is 5.69 Å². The highest BCUT2D eigenvalue weighted by molar-refractivity contribution is 7.99. The minimum Gasteiger partial charge on any atom is -0.330 e. The lowest BCUT2D eigenvalue weighted by Gasteiger charge is -2.03. The monoisotopic (exact) mass is 287 g/mol. The molecule has 3 rings (SSSR count). The van der Waals surface area contributed by atoms with Crippen LogP contribution in [-0.4, -0.2) is 15.9 Å². The number of pyridine rings is 1. The van der Waals surface area contributed by atoms with E-state index in [1.54, 1.807) is 6.07 Å². The molecule has 2 heterocycles. The van der Waals surface area contributed by atoms with E-state index in [1.807, 2.05) is 34.9 Å². The van der Waals surface area contributed by atoms with E-state index in [4.69, 9.17) is 5.73 Å². The third-order valence-electron chi connectivity index (χ3n) is 2.98. The van der Waals surface area contributed by atoms with Crippen molar-refractivity contribution in [2.24, 2.45) is 5.73 Å². The maximum Gasteiger partial charge on any atom is 0.138 e.